The van der Waals surface area contributed by atoms with Crippen molar-refractivity contribution in [2.45, 2.75) is 35.0 Å². The molecule has 0 heterocycles. The van der Waals surface area contributed by atoms with Crippen LogP contribution in [-0.2, 0) is 30.4 Å². The molecule has 0 saturated heterocycles. The van der Waals surface area contributed by atoms with Gasteiger partial charge >= 0.3 is 0 Å². The smallest absolute Gasteiger partial charge is 0.272 e. The summed E-state index contributed by atoms with van der Waals surface area (Å²) in [5.41, 5.74) is 2.49. The number of rotatable bonds is 15. The van der Waals surface area contributed by atoms with Crippen molar-refractivity contribution in [3.8, 4) is 0 Å². The molecule has 0 aliphatic heterocycles. The van der Waals surface area contributed by atoms with Crippen LogP contribution in [0.3, 0.4) is 0 Å². The van der Waals surface area contributed by atoms with Crippen LogP contribution in [0, 0.1) is 0 Å². The van der Waals surface area contributed by atoms with Crippen LogP contribution >= 0.6 is 0 Å². The highest BCUT2D eigenvalue weighted by Gasteiger charge is 2.30. The number of carbonyl (C=O) groups excluding carboxylic acids is 3. The van der Waals surface area contributed by atoms with Gasteiger partial charge in [0.05, 0.1) is 0 Å². The van der Waals surface area contributed by atoms with Crippen molar-refractivity contribution in [2.24, 2.45) is 0 Å². The van der Waals surface area contributed by atoms with E-state index in [9.17, 15) is 53.3 Å². The maximum atomic E-state index is 12.1. The van der Waals surface area contributed by atoms with Gasteiger partial charge in [-0.3, -0.25) is 28.0 Å². The van der Waals surface area contributed by atoms with Crippen molar-refractivity contribution in [3.63, 3.8) is 0 Å². The first-order valence-electron chi connectivity index (χ1n) is 18.2. The lowest BCUT2D eigenvalue weighted by Crippen LogP contribution is -2.16. The molecule has 0 aliphatic rings. The van der Waals surface area contributed by atoms with Crippen LogP contribution in [0.5, 0.6) is 0 Å². The lowest BCUT2D eigenvalue weighted by Gasteiger charge is -2.13. The topological polar surface area (TPSA) is 214 Å². The van der Waals surface area contributed by atoms with Crippen molar-refractivity contribution in [1.29, 1.82) is 0 Å². The lowest BCUT2D eigenvalue weighted by molar-refractivity contribution is 0.0972. The number of hydrogen-bond donors (Lipinski definition) is 3. The van der Waals surface area contributed by atoms with Crippen LogP contribution in [0.25, 0.3) is 0 Å². The zero-order valence-corrected chi connectivity index (χ0v) is 34.4. The van der Waals surface area contributed by atoms with Crippen LogP contribution < -0.4 is 0 Å². The molecule has 6 rings (SSSR count). The van der Waals surface area contributed by atoms with Gasteiger partial charge in [-0.15, -0.1) is 0 Å². The summed E-state index contributed by atoms with van der Waals surface area (Å²) in [5.74, 6) is -0.966. The molecule has 3 atom stereocenters. The maximum absolute atomic E-state index is 12.1. The van der Waals surface area contributed by atoms with Gasteiger partial charge in [0.2, 0.25) is 0 Å². The summed E-state index contributed by atoms with van der Waals surface area (Å²) in [6.45, 7) is 0. The molecule has 0 spiro atoms. The highest BCUT2D eigenvalue weighted by molar-refractivity contribution is 7.86. The van der Waals surface area contributed by atoms with E-state index in [0.717, 1.165) is 0 Å². The van der Waals surface area contributed by atoms with Gasteiger partial charge in [0, 0.05) is 36.0 Å². The second-order valence-corrected chi connectivity index (χ2v) is 18.0. The normalized spacial score (nSPS) is 12.8. The fourth-order valence-corrected chi connectivity index (χ4v) is 8.51. The summed E-state index contributed by atoms with van der Waals surface area (Å²) in [5, 5.41) is -3.72. The maximum Gasteiger partial charge on any atom is 0.272 e. The molecular weight excluding hydrogens is 829 g/mol. The minimum absolute atomic E-state index is 0.285. The lowest BCUT2D eigenvalue weighted by atomic mass is 10.0. The molecule has 0 radical (unpaired) electrons. The Hall–Kier alpha value is -5.94. The van der Waals surface area contributed by atoms with Gasteiger partial charge in [0.1, 0.15) is 15.7 Å². The summed E-state index contributed by atoms with van der Waals surface area (Å²) in [6.07, 6.45) is -0.855. The predicted octanol–water partition coefficient (Wildman–Crippen LogP) is 8.67. The average molecular weight is 871 g/mol. The van der Waals surface area contributed by atoms with Crippen molar-refractivity contribution in [2.75, 3.05) is 0 Å². The fraction of sp³-hybridized carbons (Fsp3) is 0.133. The van der Waals surface area contributed by atoms with E-state index >= 15 is 0 Å². The highest BCUT2D eigenvalue weighted by Crippen LogP contribution is 2.29. The Kier molecular flexibility index (Phi) is 17.1. The van der Waals surface area contributed by atoms with E-state index in [2.05, 4.69) is 0 Å². The van der Waals surface area contributed by atoms with Crippen LogP contribution in [0.15, 0.2) is 182 Å². The molecule has 60 heavy (non-hydrogen) atoms. The predicted molar refractivity (Wildman–Crippen MR) is 228 cm³/mol. The second-order valence-electron chi connectivity index (χ2n) is 13.2. The zero-order chi connectivity index (χ0) is 43.8. The standard InChI is InChI=1S/3C15H14O4S/c3*16-14(12-7-3-1-4-8-12)11-15(20(17,18)19)13-9-5-2-6-10-13/h3*1-10,15H,11H2,(H,17,18,19)/t2*15-;/m10./s1. The third-order valence-corrected chi connectivity index (χ3v) is 12.5. The Balaban J connectivity index is 0.000000198. The molecule has 6 aromatic rings. The fourth-order valence-electron chi connectivity index (χ4n) is 5.92. The van der Waals surface area contributed by atoms with Crippen LogP contribution in [-0.4, -0.2) is 56.3 Å². The number of hydrogen-bond acceptors (Lipinski definition) is 9. The monoisotopic (exact) mass is 870 g/mol. The van der Waals surface area contributed by atoms with Gasteiger partial charge < -0.3 is 0 Å². The number of carbonyl (C=O) groups is 3. The molecule has 0 bridgehead atoms. The summed E-state index contributed by atoms with van der Waals surface area (Å²) >= 11 is 0. The molecule has 3 N–H and O–H groups in total. The summed E-state index contributed by atoms with van der Waals surface area (Å²) in [6, 6.07) is 50.0. The Morgan fingerprint density at radius 2 is 0.483 bits per heavy atom. The van der Waals surface area contributed by atoms with Gasteiger partial charge in [-0.2, -0.15) is 25.3 Å². The highest BCUT2D eigenvalue weighted by atomic mass is 32.2. The molecule has 0 aromatic heterocycles. The van der Waals surface area contributed by atoms with Crippen molar-refractivity contribution >= 4 is 47.7 Å². The van der Waals surface area contributed by atoms with Crippen molar-refractivity contribution in [1.82, 2.24) is 0 Å². The molecular formula is C45H42O12S3. The number of Topliss-reactive ketones (excluding diaryl/α,β-unsaturated/α-hetero) is 3. The quantitative estimate of drug-likeness (QED) is 0.0653. The third-order valence-electron chi connectivity index (χ3n) is 8.99. The number of benzene rings is 6. The van der Waals surface area contributed by atoms with Gasteiger partial charge in [0.15, 0.2) is 17.3 Å². The van der Waals surface area contributed by atoms with E-state index in [1.165, 1.54) is 0 Å². The molecule has 6 aromatic carbocycles. The van der Waals surface area contributed by atoms with E-state index in [1.807, 2.05) is 0 Å². The SMILES string of the molecule is O=C(CC(c1ccccc1)S(=O)(=O)O)c1ccccc1.O=C(C[C@@H](c1ccccc1)S(=O)(=O)O)c1ccccc1.O=C(C[C@H](c1ccccc1)S(=O)(=O)O)c1ccccc1. The van der Waals surface area contributed by atoms with Gasteiger partial charge in [-0.25, -0.2) is 0 Å². The van der Waals surface area contributed by atoms with E-state index in [0.29, 0.717) is 33.4 Å². The van der Waals surface area contributed by atoms with Crippen molar-refractivity contribution in [3.05, 3.63) is 215 Å². The molecule has 0 aliphatic carbocycles. The number of ketones is 3. The largest absolute Gasteiger partial charge is 0.294 e. The minimum atomic E-state index is -4.34. The van der Waals surface area contributed by atoms with E-state index in [1.54, 1.807) is 182 Å². The first-order valence-corrected chi connectivity index (χ1v) is 22.7. The molecule has 0 fully saturated rings. The Bertz CT molecular complexity index is 2330. The van der Waals surface area contributed by atoms with E-state index in [4.69, 9.17) is 0 Å². The molecule has 0 saturated carbocycles. The second kappa shape index (κ2) is 21.9. The van der Waals surface area contributed by atoms with Crippen molar-refractivity contribution < 1.29 is 53.3 Å². The summed E-state index contributed by atoms with van der Waals surface area (Å²) in [7, 11) is -13.0. The molecule has 15 heteroatoms. The van der Waals surface area contributed by atoms with Crippen LogP contribution in [0.2, 0.25) is 0 Å². The van der Waals surface area contributed by atoms with Gasteiger partial charge in [-0.05, 0) is 16.7 Å². The molecule has 0 amide bonds. The molecule has 312 valence electrons. The first-order chi connectivity index (χ1) is 28.4. The Labute approximate surface area is 349 Å². The minimum Gasteiger partial charge on any atom is -0.294 e. The Morgan fingerprint density at radius 3 is 0.650 bits per heavy atom. The van der Waals surface area contributed by atoms with Crippen LogP contribution in [0.1, 0.15) is 82.8 Å². The summed E-state index contributed by atoms with van der Waals surface area (Å²) < 4.78 is 97.1. The molecule has 1 unspecified atom stereocenters. The van der Waals surface area contributed by atoms with Gasteiger partial charge in [-0.1, -0.05) is 182 Å². The summed E-state index contributed by atoms with van der Waals surface area (Å²) in [4.78, 5) is 36.3. The molecule has 12 nitrogen and oxygen atoms in total. The third kappa shape index (κ3) is 14.7. The first kappa shape index (κ1) is 46.7. The average Bonchev–Trinajstić information content (AvgIpc) is 3.24. The van der Waals surface area contributed by atoms with Crippen LogP contribution in [0.4, 0.5) is 0 Å². The van der Waals surface area contributed by atoms with E-state index < -0.39 is 46.1 Å². The Morgan fingerprint density at radius 1 is 0.317 bits per heavy atom. The van der Waals surface area contributed by atoms with Gasteiger partial charge in [0.25, 0.3) is 30.4 Å². The zero-order valence-electron chi connectivity index (χ0n) is 31.9. The van der Waals surface area contributed by atoms with E-state index in [-0.39, 0.29) is 36.6 Å².